The van der Waals surface area contributed by atoms with Crippen molar-refractivity contribution in [2.45, 2.75) is 25.4 Å². The molecule has 10 heteroatoms. The Labute approximate surface area is 136 Å². The Bertz CT molecular complexity index is 672. The molecule has 0 bridgehead atoms. The Morgan fingerprint density at radius 3 is 2.78 bits per heavy atom. The van der Waals surface area contributed by atoms with E-state index in [9.17, 15) is 13.2 Å². The van der Waals surface area contributed by atoms with E-state index in [-0.39, 0.29) is 5.91 Å². The first-order valence-corrected chi connectivity index (χ1v) is 8.72. The van der Waals surface area contributed by atoms with Crippen LogP contribution in [0.2, 0.25) is 0 Å². The van der Waals surface area contributed by atoms with Gasteiger partial charge in [-0.05, 0) is 13.3 Å². The maximum atomic E-state index is 12.3. The summed E-state index contributed by atoms with van der Waals surface area (Å²) in [5, 5.41) is 6.93. The van der Waals surface area contributed by atoms with Gasteiger partial charge < -0.3 is 10.1 Å². The monoisotopic (exact) mass is 345 g/mol. The van der Waals surface area contributed by atoms with Crippen LogP contribution in [-0.2, 0) is 26.8 Å². The van der Waals surface area contributed by atoms with Crippen LogP contribution in [0.5, 0.6) is 0 Å². The van der Waals surface area contributed by atoms with E-state index < -0.39 is 22.3 Å². The maximum absolute atomic E-state index is 12.3. The molecule has 23 heavy (non-hydrogen) atoms. The molecule has 1 aromatic heterocycles. The van der Waals surface area contributed by atoms with Gasteiger partial charge in [0.05, 0.1) is 18.3 Å². The molecule has 1 aliphatic heterocycles. The molecular weight excluding hydrogens is 322 g/mol. The fourth-order valence-corrected chi connectivity index (χ4v) is 3.93. The van der Waals surface area contributed by atoms with Crippen LogP contribution in [0.1, 0.15) is 23.7 Å². The van der Waals surface area contributed by atoms with Crippen molar-refractivity contribution in [2.24, 2.45) is 7.05 Å². The first-order valence-electron chi connectivity index (χ1n) is 7.28. The Morgan fingerprint density at radius 2 is 2.22 bits per heavy atom. The number of aromatic nitrogens is 2. The average molecular weight is 345 g/mol. The lowest BCUT2D eigenvalue weighted by atomic mass is 10.00. The number of methoxy groups -OCH3 is 1. The molecule has 0 radical (unpaired) electrons. The second-order valence-corrected chi connectivity index (χ2v) is 7.33. The van der Waals surface area contributed by atoms with Gasteiger partial charge in [-0.3, -0.25) is 9.48 Å². The highest BCUT2D eigenvalue weighted by atomic mass is 32.2. The van der Waals surface area contributed by atoms with Gasteiger partial charge in [0.1, 0.15) is 6.04 Å². The zero-order valence-corrected chi connectivity index (χ0v) is 14.6. The highest BCUT2D eigenvalue weighted by Gasteiger charge is 2.41. The molecule has 130 valence electrons. The summed E-state index contributed by atoms with van der Waals surface area (Å²) in [6, 6.07) is -1.26. The maximum Gasteiger partial charge on any atom is 0.280 e. The van der Waals surface area contributed by atoms with Gasteiger partial charge in [-0.2, -0.15) is 22.5 Å². The quantitative estimate of drug-likeness (QED) is 0.671. The SMILES string of the molecule is COCCNC(=O)[C@@H]1C[C@@H](c2cn(C)nc2C)NS(=O)(=O)N1C. The predicted molar refractivity (Wildman–Crippen MR) is 83.8 cm³/mol. The van der Waals surface area contributed by atoms with Crippen LogP contribution in [0, 0.1) is 6.92 Å². The molecule has 2 N–H and O–H groups in total. The van der Waals surface area contributed by atoms with E-state index in [0.717, 1.165) is 15.6 Å². The molecule has 9 nitrogen and oxygen atoms in total. The minimum atomic E-state index is -3.74. The van der Waals surface area contributed by atoms with Crippen molar-refractivity contribution in [3.8, 4) is 0 Å². The molecule has 2 heterocycles. The van der Waals surface area contributed by atoms with Crippen molar-refractivity contribution in [2.75, 3.05) is 27.3 Å². The molecule has 0 saturated carbocycles. The van der Waals surface area contributed by atoms with E-state index in [4.69, 9.17) is 4.74 Å². The lowest BCUT2D eigenvalue weighted by Crippen LogP contribution is -2.57. The highest BCUT2D eigenvalue weighted by molar-refractivity contribution is 7.87. The van der Waals surface area contributed by atoms with E-state index in [1.54, 1.807) is 17.9 Å². The van der Waals surface area contributed by atoms with Crippen molar-refractivity contribution in [3.63, 3.8) is 0 Å². The predicted octanol–water partition coefficient (Wildman–Crippen LogP) is -0.929. The lowest BCUT2D eigenvalue weighted by molar-refractivity contribution is -0.125. The molecule has 0 unspecified atom stereocenters. The number of nitrogens with one attached hydrogen (secondary N) is 2. The van der Waals surface area contributed by atoms with E-state index in [1.807, 2.05) is 6.92 Å². The molecule has 0 aliphatic carbocycles. The van der Waals surface area contributed by atoms with Crippen LogP contribution in [0.3, 0.4) is 0 Å². The van der Waals surface area contributed by atoms with E-state index in [1.165, 1.54) is 14.2 Å². The molecule has 1 amide bonds. The normalized spacial score (nSPS) is 24.5. The summed E-state index contributed by atoms with van der Waals surface area (Å²) in [4.78, 5) is 12.3. The van der Waals surface area contributed by atoms with E-state index >= 15 is 0 Å². The molecule has 0 aromatic carbocycles. The average Bonchev–Trinajstić information content (AvgIpc) is 2.80. The van der Waals surface area contributed by atoms with Gasteiger partial charge >= 0.3 is 0 Å². The zero-order valence-electron chi connectivity index (χ0n) is 13.7. The second-order valence-electron chi connectivity index (χ2n) is 5.57. The summed E-state index contributed by atoms with van der Waals surface area (Å²) in [6.07, 6.45) is 2.11. The van der Waals surface area contributed by atoms with Crippen LogP contribution >= 0.6 is 0 Å². The molecule has 1 saturated heterocycles. The summed E-state index contributed by atoms with van der Waals surface area (Å²) < 4.78 is 34.8. The van der Waals surface area contributed by atoms with Gasteiger partial charge in [0, 0.05) is 39.5 Å². The van der Waals surface area contributed by atoms with E-state index in [0.29, 0.717) is 19.6 Å². The number of hydrogen-bond acceptors (Lipinski definition) is 5. The molecule has 2 rings (SSSR count). The second kappa shape index (κ2) is 6.95. The number of carbonyl (C=O) groups is 1. The van der Waals surface area contributed by atoms with Crippen molar-refractivity contribution < 1.29 is 17.9 Å². The fourth-order valence-electron chi connectivity index (χ4n) is 2.67. The van der Waals surface area contributed by atoms with Gasteiger partial charge in [0.25, 0.3) is 10.2 Å². The van der Waals surface area contributed by atoms with Crippen LogP contribution in [0.4, 0.5) is 0 Å². The van der Waals surface area contributed by atoms with E-state index in [2.05, 4.69) is 15.1 Å². The smallest absolute Gasteiger partial charge is 0.280 e. The fraction of sp³-hybridized carbons (Fsp3) is 0.692. The Balaban J connectivity index is 2.21. The Morgan fingerprint density at radius 1 is 1.52 bits per heavy atom. The van der Waals surface area contributed by atoms with Crippen molar-refractivity contribution in [3.05, 3.63) is 17.5 Å². The number of likely N-dealkylation sites (N-methyl/N-ethyl adjacent to an activating group) is 1. The van der Waals surface area contributed by atoms with Gasteiger partial charge in [-0.1, -0.05) is 0 Å². The van der Waals surface area contributed by atoms with Gasteiger partial charge in [0.2, 0.25) is 5.91 Å². The molecule has 1 aromatic rings. The third kappa shape index (κ3) is 3.89. The third-order valence-corrected chi connectivity index (χ3v) is 5.50. The minimum Gasteiger partial charge on any atom is -0.383 e. The number of ether oxygens (including phenoxy) is 1. The summed E-state index contributed by atoms with van der Waals surface area (Å²) in [5.41, 5.74) is 1.52. The largest absolute Gasteiger partial charge is 0.383 e. The molecule has 0 spiro atoms. The number of rotatable bonds is 5. The molecule has 2 atom stereocenters. The Hall–Kier alpha value is -1.49. The van der Waals surface area contributed by atoms with Crippen molar-refractivity contribution in [1.29, 1.82) is 0 Å². The van der Waals surface area contributed by atoms with Crippen LogP contribution < -0.4 is 10.0 Å². The van der Waals surface area contributed by atoms with Gasteiger partial charge in [-0.15, -0.1) is 0 Å². The number of carbonyl (C=O) groups excluding carboxylic acids is 1. The van der Waals surface area contributed by atoms with Crippen molar-refractivity contribution >= 4 is 16.1 Å². The van der Waals surface area contributed by atoms with Gasteiger partial charge in [0.15, 0.2) is 0 Å². The zero-order chi connectivity index (χ0) is 17.2. The highest BCUT2D eigenvalue weighted by Crippen LogP contribution is 2.29. The van der Waals surface area contributed by atoms with Crippen molar-refractivity contribution in [1.82, 2.24) is 24.1 Å². The lowest BCUT2D eigenvalue weighted by Gasteiger charge is -2.36. The minimum absolute atomic E-state index is 0.332. The Kier molecular flexibility index (Phi) is 5.40. The number of amides is 1. The number of hydrogen-bond donors (Lipinski definition) is 2. The first kappa shape index (κ1) is 17.9. The number of nitrogens with zero attached hydrogens (tertiary/aromatic N) is 3. The topological polar surface area (TPSA) is 106 Å². The molecule has 1 fully saturated rings. The number of aryl methyl sites for hydroxylation is 2. The van der Waals surface area contributed by atoms with Crippen LogP contribution in [0.25, 0.3) is 0 Å². The summed E-state index contributed by atoms with van der Waals surface area (Å²) >= 11 is 0. The standard InChI is InChI=1S/C13H23N5O4S/c1-9-10(8-17(2)15-9)11-7-12(13(19)14-5-6-22-4)18(3)23(20,21)16-11/h8,11-12,16H,5-7H2,1-4H3,(H,14,19)/t11-,12-/m0/s1. The summed E-state index contributed by atoms with van der Waals surface area (Å²) in [5.74, 6) is -0.332. The first-order chi connectivity index (χ1) is 10.8. The van der Waals surface area contributed by atoms with Crippen LogP contribution in [-0.4, -0.2) is 61.8 Å². The van der Waals surface area contributed by atoms with Gasteiger partial charge in [-0.25, -0.2) is 0 Å². The summed E-state index contributed by atoms with van der Waals surface area (Å²) in [6.45, 7) is 2.53. The molecular formula is C13H23N5O4S. The molecule has 1 aliphatic rings. The third-order valence-electron chi connectivity index (χ3n) is 3.90. The summed E-state index contributed by atoms with van der Waals surface area (Å²) in [7, 11) is 0.970. The van der Waals surface area contributed by atoms with Crippen LogP contribution in [0.15, 0.2) is 6.20 Å².